The number of hydrogen-bond acceptors (Lipinski definition) is 5. The molecule has 0 heterocycles. The quantitative estimate of drug-likeness (QED) is 0.465. The van der Waals surface area contributed by atoms with E-state index in [-0.39, 0.29) is 47.3 Å². The molecule has 0 atom stereocenters. The van der Waals surface area contributed by atoms with Crippen LogP contribution in [0.2, 0.25) is 0 Å². The van der Waals surface area contributed by atoms with Crippen molar-refractivity contribution >= 4 is 22.1 Å². The van der Waals surface area contributed by atoms with Crippen molar-refractivity contribution in [1.29, 1.82) is 0 Å². The van der Waals surface area contributed by atoms with Crippen molar-refractivity contribution in [1.82, 2.24) is 0 Å². The van der Waals surface area contributed by atoms with E-state index in [9.17, 15) is 22.6 Å². The molecule has 1 aromatic carbocycles. The van der Waals surface area contributed by atoms with Gasteiger partial charge in [-0.05, 0) is 12.1 Å². The Kier molecular flexibility index (Phi) is 10.7. The average molecular weight is 298 g/mol. The summed E-state index contributed by atoms with van der Waals surface area (Å²) in [6, 6.07) is 7.19. The summed E-state index contributed by atoms with van der Waals surface area (Å²) in [7, 11) is -4.25. The molecule has 0 aliphatic rings. The van der Waals surface area contributed by atoms with E-state index in [0.29, 0.717) is 0 Å². The van der Waals surface area contributed by atoms with Gasteiger partial charge >= 0.3 is 41.5 Å². The number of rotatable bonds is 4. The Bertz CT molecular complexity index is 484. The summed E-state index contributed by atoms with van der Waals surface area (Å²) in [6.07, 6.45) is -0.593. The number of hydrogen-bond donors (Lipinski definition) is 2. The van der Waals surface area contributed by atoms with Crippen LogP contribution in [0.1, 0.15) is 12.8 Å². The Morgan fingerprint density at radius 2 is 1.37 bits per heavy atom. The zero-order valence-corrected chi connectivity index (χ0v) is 13.0. The van der Waals surface area contributed by atoms with Gasteiger partial charge in [-0.2, -0.15) is 0 Å². The third-order valence-corrected chi connectivity index (χ3v) is 2.43. The minimum atomic E-state index is -4.25. The van der Waals surface area contributed by atoms with E-state index in [1.54, 1.807) is 6.07 Å². The molecule has 0 bridgehead atoms. The molecular formula is C10H11NaO7S. The average Bonchev–Trinajstić information content (AvgIpc) is 2.27. The first-order valence-corrected chi connectivity index (χ1v) is 6.09. The molecule has 0 aliphatic carbocycles. The summed E-state index contributed by atoms with van der Waals surface area (Å²) < 4.78 is 30.8. The van der Waals surface area contributed by atoms with E-state index in [2.05, 4.69) is 0 Å². The molecule has 19 heavy (non-hydrogen) atoms. The second-order valence-corrected chi connectivity index (χ2v) is 4.43. The maximum absolute atomic E-state index is 10.3. The predicted molar refractivity (Wildman–Crippen MR) is 58.9 cm³/mol. The molecule has 0 aromatic heterocycles. The molecular weight excluding hydrogens is 287 g/mol. The molecule has 0 aliphatic heterocycles. The Hall–Kier alpha value is -0.930. The first-order valence-electron chi connectivity index (χ1n) is 4.68. The fraction of sp³-hybridized carbons (Fsp3) is 0.200. The molecule has 7 nitrogen and oxygen atoms in total. The number of aliphatic carboxylic acids is 2. The van der Waals surface area contributed by atoms with Gasteiger partial charge in [-0.3, -0.25) is 9.59 Å². The topological polar surface area (TPSA) is 132 Å². The summed E-state index contributed by atoms with van der Waals surface area (Å²) >= 11 is 0. The second-order valence-electron chi connectivity index (χ2n) is 3.05. The van der Waals surface area contributed by atoms with Gasteiger partial charge in [0, 0.05) is 0 Å². The van der Waals surface area contributed by atoms with Gasteiger partial charge in [0.1, 0.15) is 10.1 Å². The molecule has 0 saturated heterocycles. The molecule has 100 valence electrons. The Balaban J connectivity index is 0. The van der Waals surface area contributed by atoms with Gasteiger partial charge in [-0.1, -0.05) is 18.2 Å². The minimum Gasteiger partial charge on any atom is -0.744 e. The van der Waals surface area contributed by atoms with Crippen molar-refractivity contribution in [3.63, 3.8) is 0 Å². The van der Waals surface area contributed by atoms with E-state index >= 15 is 0 Å². The number of carbonyl (C=O) groups is 2. The molecule has 0 saturated carbocycles. The van der Waals surface area contributed by atoms with Gasteiger partial charge in [0.15, 0.2) is 0 Å². The summed E-state index contributed by atoms with van der Waals surface area (Å²) in [5, 5.41) is 15.8. The van der Waals surface area contributed by atoms with Crippen molar-refractivity contribution in [2.45, 2.75) is 17.7 Å². The maximum atomic E-state index is 10.3. The van der Waals surface area contributed by atoms with Crippen LogP contribution in [0.3, 0.4) is 0 Å². The van der Waals surface area contributed by atoms with Crippen LogP contribution in [0.4, 0.5) is 0 Å². The third-order valence-electron chi connectivity index (χ3n) is 1.58. The molecule has 1 rings (SSSR count). The van der Waals surface area contributed by atoms with Crippen molar-refractivity contribution in [3.05, 3.63) is 30.3 Å². The van der Waals surface area contributed by atoms with Gasteiger partial charge in [0.25, 0.3) is 0 Å². The van der Waals surface area contributed by atoms with Gasteiger partial charge in [0.05, 0.1) is 17.7 Å². The van der Waals surface area contributed by atoms with Crippen LogP contribution in [-0.4, -0.2) is 35.1 Å². The molecule has 1 aromatic rings. The SMILES string of the molecule is O=C(O)CCC(=O)O.O=S(=O)([O-])c1ccccc1.[Na+]. The summed E-state index contributed by atoms with van der Waals surface area (Å²) in [6.45, 7) is 0. The first-order chi connectivity index (χ1) is 8.23. The van der Waals surface area contributed by atoms with E-state index in [4.69, 9.17) is 10.2 Å². The molecule has 9 heteroatoms. The van der Waals surface area contributed by atoms with Gasteiger partial charge < -0.3 is 14.8 Å². The van der Waals surface area contributed by atoms with Gasteiger partial charge in [-0.25, -0.2) is 8.42 Å². The number of carboxylic acid groups (broad SMARTS) is 2. The molecule has 0 unspecified atom stereocenters. The van der Waals surface area contributed by atoms with Crippen LogP contribution in [-0.2, 0) is 19.7 Å². The zero-order chi connectivity index (χ0) is 14.2. The van der Waals surface area contributed by atoms with E-state index in [0.717, 1.165) is 0 Å². The molecule has 0 amide bonds. The monoisotopic (exact) mass is 298 g/mol. The zero-order valence-electron chi connectivity index (χ0n) is 10.1. The van der Waals surface area contributed by atoms with Crippen LogP contribution in [0.25, 0.3) is 0 Å². The Morgan fingerprint density at radius 1 is 1.00 bits per heavy atom. The van der Waals surface area contributed by atoms with Crippen LogP contribution in [0.5, 0.6) is 0 Å². The number of benzene rings is 1. The van der Waals surface area contributed by atoms with E-state index in [1.165, 1.54) is 24.3 Å². The van der Waals surface area contributed by atoms with E-state index in [1.807, 2.05) is 0 Å². The molecule has 2 N–H and O–H groups in total. The van der Waals surface area contributed by atoms with Crippen molar-refractivity contribution in [2.24, 2.45) is 0 Å². The molecule has 0 radical (unpaired) electrons. The Morgan fingerprint density at radius 3 is 1.58 bits per heavy atom. The standard InChI is InChI=1S/C6H6O3S.C4H6O4.Na/c7-10(8,9)6-4-2-1-3-5-6;5-3(6)1-2-4(7)8;/h1-5H,(H,7,8,9);1-2H2,(H,5,6)(H,7,8);/q;;+1/p-1. The molecule has 0 spiro atoms. The fourth-order valence-electron chi connectivity index (χ4n) is 0.801. The van der Waals surface area contributed by atoms with Gasteiger partial charge in [0.2, 0.25) is 0 Å². The van der Waals surface area contributed by atoms with Gasteiger partial charge in [-0.15, -0.1) is 0 Å². The molecule has 0 fully saturated rings. The third kappa shape index (κ3) is 11.9. The van der Waals surface area contributed by atoms with Crippen LogP contribution >= 0.6 is 0 Å². The van der Waals surface area contributed by atoms with Crippen LogP contribution < -0.4 is 29.6 Å². The van der Waals surface area contributed by atoms with Crippen LogP contribution in [0.15, 0.2) is 35.2 Å². The summed E-state index contributed by atoms with van der Waals surface area (Å²) in [5.74, 6) is -2.15. The fourth-order valence-corrected chi connectivity index (χ4v) is 1.29. The predicted octanol–water partition coefficient (Wildman–Crippen LogP) is -2.47. The summed E-state index contributed by atoms with van der Waals surface area (Å²) in [4.78, 5) is 19.1. The van der Waals surface area contributed by atoms with E-state index < -0.39 is 22.1 Å². The minimum absolute atomic E-state index is 0. The van der Waals surface area contributed by atoms with Crippen molar-refractivity contribution in [2.75, 3.05) is 0 Å². The first kappa shape index (κ1) is 20.4. The van der Waals surface area contributed by atoms with Crippen molar-refractivity contribution in [3.8, 4) is 0 Å². The second kappa shape index (κ2) is 9.93. The van der Waals surface area contributed by atoms with Crippen LogP contribution in [0, 0.1) is 0 Å². The Labute approximate surface area is 132 Å². The normalized spacial score (nSPS) is 9.53. The number of carboxylic acids is 2. The van der Waals surface area contributed by atoms with Crippen molar-refractivity contribution < 1.29 is 62.3 Å². The maximum Gasteiger partial charge on any atom is 1.00 e. The smallest absolute Gasteiger partial charge is 0.744 e. The largest absolute Gasteiger partial charge is 1.00 e. The summed E-state index contributed by atoms with van der Waals surface area (Å²) in [5.41, 5.74) is 0.